The lowest BCUT2D eigenvalue weighted by atomic mass is 10.2. The van der Waals surface area contributed by atoms with Crippen molar-refractivity contribution in [1.82, 2.24) is 4.31 Å². The Labute approximate surface area is 150 Å². The number of nitro groups is 1. The zero-order chi connectivity index (χ0) is 18.7. The highest BCUT2D eigenvalue weighted by Gasteiger charge is 2.31. The number of nitrogens with zero attached hydrogens (tertiary/aromatic N) is 2. The van der Waals surface area contributed by atoms with Crippen LogP contribution in [0.4, 0.5) is 10.1 Å². The van der Waals surface area contributed by atoms with Crippen LogP contribution in [0.3, 0.4) is 0 Å². The molecule has 9 heteroatoms. The summed E-state index contributed by atoms with van der Waals surface area (Å²) < 4.78 is 40.1. The van der Waals surface area contributed by atoms with Crippen molar-refractivity contribution in [1.29, 1.82) is 0 Å². The van der Waals surface area contributed by atoms with Crippen LogP contribution in [-0.4, -0.2) is 43.8 Å². The van der Waals surface area contributed by atoms with Gasteiger partial charge in [-0.3, -0.25) is 10.1 Å². The number of non-ortho nitro benzene ring substituents is 1. The van der Waals surface area contributed by atoms with Crippen molar-refractivity contribution in [2.24, 2.45) is 0 Å². The van der Waals surface area contributed by atoms with Crippen molar-refractivity contribution in [2.75, 3.05) is 26.2 Å². The molecule has 0 atom stereocenters. The molecule has 0 radical (unpaired) electrons. The normalized spacial score (nSPS) is 16.5. The van der Waals surface area contributed by atoms with Gasteiger partial charge in [-0.25, -0.2) is 12.8 Å². The van der Waals surface area contributed by atoms with Crippen molar-refractivity contribution in [2.45, 2.75) is 11.4 Å². The maximum Gasteiger partial charge on any atom is 0.270 e. The largest absolute Gasteiger partial charge is 0.329 e. The van der Waals surface area contributed by atoms with Crippen molar-refractivity contribution >= 4 is 15.7 Å². The molecule has 26 heavy (non-hydrogen) atoms. The van der Waals surface area contributed by atoms with Crippen molar-refractivity contribution in [3.05, 3.63) is 70.0 Å². The molecule has 2 aromatic rings. The highest BCUT2D eigenvalue weighted by Crippen LogP contribution is 2.20. The molecule has 7 nitrogen and oxygen atoms in total. The van der Waals surface area contributed by atoms with Crippen LogP contribution in [-0.2, 0) is 16.6 Å². The van der Waals surface area contributed by atoms with Gasteiger partial charge in [-0.1, -0.05) is 18.2 Å². The number of hydrogen-bond acceptors (Lipinski definition) is 4. The van der Waals surface area contributed by atoms with Gasteiger partial charge in [0.25, 0.3) is 5.69 Å². The van der Waals surface area contributed by atoms with E-state index in [2.05, 4.69) is 0 Å². The Morgan fingerprint density at radius 1 is 1.12 bits per heavy atom. The fourth-order valence-corrected chi connectivity index (χ4v) is 4.54. The number of nitro benzene ring substituents is 1. The number of benzene rings is 2. The molecule has 0 bridgehead atoms. The summed E-state index contributed by atoms with van der Waals surface area (Å²) >= 11 is 0. The molecule has 1 aliphatic heterocycles. The van der Waals surface area contributed by atoms with E-state index in [1.807, 2.05) is 6.07 Å². The molecule has 0 amide bonds. The first-order chi connectivity index (χ1) is 12.4. The number of hydrogen-bond donors (Lipinski definition) is 1. The van der Waals surface area contributed by atoms with E-state index >= 15 is 0 Å². The summed E-state index contributed by atoms with van der Waals surface area (Å²) in [4.78, 5) is 11.4. The summed E-state index contributed by atoms with van der Waals surface area (Å²) in [7, 11) is -3.77. The third kappa shape index (κ3) is 4.06. The van der Waals surface area contributed by atoms with Crippen LogP contribution in [0.2, 0.25) is 0 Å². The van der Waals surface area contributed by atoms with Gasteiger partial charge in [0.05, 0.1) is 36.0 Å². The van der Waals surface area contributed by atoms with Crippen molar-refractivity contribution in [3.63, 3.8) is 0 Å². The molecule has 1 aliphatic rings. The Balaban J connectivity index is 1.67. The first kappa shape index (κ1) is 18.4. The van der Waals surface area contributed by atoms with Gasteiger partial charge in [0.1, 0.15) is 12.4 Å². The van der Waals surface area contributed by atoms with Crippen LogP contribution >= 0.6 is 0 Å². The van der Waals surface area contributed by atoms with Gasteiger partial charge in [0.15, 0.2) is 0 Å². The minimum Gasteiger partial charge on any atom is -0.329 e. The maximum atomic E-state index is 13.3. The summed E-state index contributed by atoms with van der Waals surface area (Å²) in [5.41, 5.74) is 0.622. The topological polar surface area (TPSA) is 85.0 Å². The van der Waals surface area contributed by atoms with Gasteiger partial charge < -0.3 is 4.90 Å². The Bertz CT molecular complexity index is 912. The van der Waals surface area contributed by atoms with Gasteiger partial charge in [0, 0.05) is 17.7 Å². The highest BCUT2D eigenvalue weighted by molar-refractivity contribution is 7.89. The van der Waals surface area contributed by atoms with E-state index in [9.17, 15) is 22.9 Å². The molecule has 2 aromatic carbocycles. The molecular weight excluding hydrogens is 361 g/mol. The molecule has 138 valence electrons. The molecule has 1 fully saturated rings. The average Bonchev–Trinajstić information content (AvgIpc) is 2.62. The molecule has 1 heterocycles. The maximum absolute atomic E-state index is 13.3. The zero-order valence-electron chi connectivity index (χ0n) is 14.0. The Morgan fingerprint density at radius 2 is 1.81 bits per heavy atom. The van der Waals surface area contributed by atoms with E-state index < -0.39 is 14.9 Å². The molecule has 0 aliphatic carbocycles. The summed E-state index contributed by atoms with van der Waals surface area (Å²) in [5, 5.41) is 10.9. The van der Waals surface area contributed by atoms with Gasteiger partial charge in [0.2, 0.25) is 10.0 Å². The standard InChI is InChI=1S/C17H18FN3O4S/c18-15-4-1-3-14(11-15)13-19-7-9-20(10-8-19)26(24,25)17-6-2-5-16(12-17)21(22)23/h1-6,11-12H,7-10,13H2/p+1. The number of nitrogens with one attached hydrogen (secondary N) is 1. The average molecular weight is 380 g/mol. The lowest BCUT2D eigenvalue weighted by Gasteiger charge is -2.31. The third-order valence-corrected chi connectivity index (χ3v) is 6.33. The van der Waals surface area contributed by atoms with E-state index in [0.29, 0.717) is 32.7 Å². The second kappa shape index (κ2) is 7.48. The molecule has 1 N–H and O–H groups in total. The first-order valence-electron chi connectivity index (χ1n) is 8.19. The minimum atomic E-state index is -3.77. The Kier molecular flexibility index (Phi) is 5.30. The second-order valence-corrected chi connectivity index (χ2v) is 8.15. The second-order valence-electron chi connectivity index (χ2n) is 6.22. The van der Waals surface area contributed by atoms with E-state index in [1.54, 1.807) is 6.07 Å². The Hall–Kier alpha value is -2.36. The fraction of sp³-hybridized carbons (Fsp3) is 0.294. The molecule has 0 spiro atoms. The van der Waals surface area contributed by atoms with E-state index in [0.717, 1.165) is 11.6 Å². The lowest BCUT2D eigenvalue weighted by molar-refractivity contribution is -0.917. The summed E-state index contributed by atoms with van der Waals surface area (Å²) in [6.45, 7) is 2.43. The third-order valence-electron chi connectivity index (χ3n) is 4.44. The highest BCUT2D eigenvalue weighted by atomic mass is 32.2. The van der Waals surface area contributed by atoms with E-state index in [1.165, 1.54) is 39.5 Å². The first-order valence-corrected chi connectivity index (χ1v) is 9.63. The number of piperazine rings is 1. The summed E-state index contributed by atoms with van der Waals surface area (Å²) in [6, 6.07) is 11.5. The zero-order valence-corrected chi connectivity index (χ0v) is 14.8. The van der Waals surface area contributed by atoms with Gasteiger partial charge >= 0.3 is 0 Å². The van der Waals surface area contributed by atoms with Gasteiger partial charge in [-0.2, -0.15) is 4.31 Å². The molecular formula is C17H19FN3O4S+. The predicted octanol–water partition coefficient (Wildman–Crippen LogP) is 0.823. The Morgan fingerprint density at radius 3 is 2.46 bits per heavy atom. The van der Waals surface area contributed by atoms with Crippen LogP contribution in [0.5, 0.6) is 0 Å². The quantitative estimate of drug-likeness (QED) is 0.615. The van der Waals surface area contributed by atoms with Crippen LogP contribution in [0.15, 0.2) is 53.4 Å². The summed E-state index contributed by atoms with van der Waals surface area (Å²) in [6.07, 6.45) is 0. The minimum absolute atomic E-state index is 0.0692. The van der Waals surface area contributed by atoms with Crippen molar-refractivity contribution in [3.8, 4) is 0 Å². The van der Waals surface area contributed by atoms with Crippen LogP contribution < -0.4 is 4.90 Å². The lowest BCUT2D eigenvalue weighted by Crippen LogP contribution is -3.13. The van der Waals surface area contributed by atoms with E-state index in [4.69, 9.17) is 0 Å². The van der Waals surface area contributed by atoms with E-state index in [-0.39, 0.29) is 16.4 Å². The van der Waals surface area contributed by atoms with Crippen LogP contribution in [0.25, 0.3) is 0 Å². The van der Waals surface area contributed by atoms with Crippen molar-refractivity contribution < 1.29 is 22.6 Å². The van der Waals surface area contributed by atoms with Crippen LogP contribution in [0, 0.1) is 15.9 Å². The smallest absolute Gasteiger partial charge is 0.270 e. The number of quaternary nitrogens is 1. The fourth-order valence-electron chi connectivity index (χ4n) is 3.06. The molecule has 0 aromatic heterocycles. The number of sulfonamides is 1. The monoisotopic (exact) mass is 380 g/mol. The SMILES string of the molecule is O=[N+]([O-])c1cccc(S(=O)(=O)N2CC[NH+](Cc3cccc(F)c3)CC2)c1. The van der Waals surface area contributed by atoms with Gasteiger partial charge in [-0.05, 0) is 18.2 Å². The predicted molar refractivity (Wildman–Crippen MR) is 92.7 cm³/mol. The molecule has 0 saturated carbocycles. The molecule has 3 rings (SSSR count). The summed E-state index contributed by atoms with van der Waals surface area (Å²) in [5.74, 6) is -0.284. The number of halogens is 1. The number of rotatable bonds is 5. The molecule has 1 saturated heterocycles. The van der Waals surface area contributed by atoms with Crippen LogP contribution in [0.1, 0.15) is 5.56 Å². The molecule has 0 unspecified atom stereocenters. The van der Waals surface area contributed by atoms with Gasteiger partial charge in [-0.15, -0.1) is 0 Å².